The Morgan fingerprint density at radius 3 is 2.54 bits per heavy atom. The number of hydrogen-bond acceptors (Lipinski definition) is 5. The number of likely N-dealkylation sites (N-methyl/N-ethyl adjacent to an activating group) is 1. The van der Waals surface area contributed by atoms with Crippen LogP contribution in [0.1, 0.15) is 20.7 Å². The molecule has 0 unspecified atom stereocenters. The zero-order chi connectivity index (χ0) is 17.3. The van der Waals surface area contributed by atoms with E-state index in [1.165, 1.54) is 11.8 Å². The second-order valence-corrected chi connectivity index (χ2v) is 6.20. The second kappa shape index (κ2) is 6.37. The molecule has 0 aliphatic carbocycles. The Labute approximate surface area is 143 Å². The van der Waals surface area contributed by atoms with Gasteiger partial charge in [-0.15, -0.1) is 0 Å². The van der Waals surface area contributed by atoms with Crippen molar-refractivity contribution in [1.29, 1.82) is 0 Å². The van der Waals surface area contributed by atoms with Crippen molar-refractivity contribution in [3.63, 3.8) is 0 Å². The fourth-order valence-electron chi connectivity index (χ4n) is 2.55. The molecule has 4 nitrogen and oxygen atoms in total. The van der Waals surface area contributed by atoms with E-state index in [1.54, 1.807) is 31.3 Å². The van der Waals surface area contributed by atoms with Crippen LogP contribution in [0.4, 0.5) is 0 Å². The standard InChI is InChI=1S/C19H15NO3S/c1-4-6-15(11(2)20-3)24-16-10-9-14-17-12(16)7-5-8-13(17)18(21)23-19(14)22/h4-10,20H,1-2H2,3H3/b15-6+. The van der Waals surface area contributed by atoms with E-state index in [0.717, 1.165) is 20.9 Å². The average Bonchev–Trinajstić information content (AvgIpc) is 2.59. The van der Waals surface area contributed by atoms with Crippen LogP contribution in [0.15, 0.2) is 71.1 Å². The highest BCUT2D eigenvalue weighted by Gasteiger charge is 2.28. The Morgan fingerprint density at radius 2 is 1.88 bits per heavy atom. The zero-order valence-electron chi connectivity index (χ0n) is 13.1. The SMILES string of the molecule is C=C/C=C(/Sc1ccc2c3c(cccc13)C(=O)OC2=O)C(=C)NC. The van der Waals surface area contributed by atoms with Crippen molar-refractivity contribution in [2.24, 2.45) is 0 Å². The third kappa shape index (κ3) is 2.63. The number of nitrogens with one attached hydrogen (secondary N) is 1. The van der Waals surface area contributed by atoms with E-state index in [4.69, 9.17) is 4.74 Å². The Balaban J connectivity index is 2.19. The van der Waals surface area contributed by atoms with Gasteiger partial charge in [0.25, 0.3) is 0 Å². The topological polar surface area (TPSA) is 55.4 Å². The van der Waals surface area contributed by atoms with Gasteiger partial charge in [0.2, 0.25) is 0 Å². The molecule has 1 aliphatic heterocycles. The number of carbonyl (C=O) groups is 2. The summed E-state index contributed by atoms with van der Waals surface area (Å²) in [6.45, 7) is 7.71. The lowest BCUT2D eigenvalue weighted by molar-refractivity contribution is 0.0391. The first-order valence-electron chi connectivity index (χ1n) is 7.26. The lowest BCUT2D eigenvalue weighted by Crippen LogP contribution is -2.19. The minimum Gasteiger partial charge on any atom is -0.388 e. The summed E-state index contributed by atoms with van der Waals surface area (Å²) < 4.78 is 4.78. The molecule has 0 saturated heterocycles. The van der Waals surface area contributed by atoms with Crippen molar-refractivity contribution in [2.75, 3.05) is 7.05 Å². The number of hydrogen-bond donors (Lipinski definition) is 1. The second-order valence-electron chi connectivity index (χ2n) is 5.11. The first kappa shape index (κ1) is 16.1. The van der Waals surface area contributed by atoms with Gasteiger partial charge in [0.15, 0.2) is 0 Å². The highest BCUT2D eigenvalue weighted by molar-refractivity contribution is 8.03. The van der Waals surface area contributed by atoms with Gasteiger partial charge >= 0.3 is 11.9 Å². The number of benzene rings is 2. The minimum atomic E-state index is -0.609. The molecule has 1 aliphatic rings. The van der Waals surface area contributed by atoms with Crippen LogP contribution in [0.3, 0.4) is 0 Å². The molecule has 2 aromatic rings. The number of esters is 2. The van der Waals surface area contributed by atoms with Crippen molar-refractivity contribution in [2.45, 2.75) is 4.90 Å². The van der Waals surface area contributed by atoms with Gasteiger partial charge in [-0.3, -0.25) is 0 Å². The molecule has 0 atom stereocenters. The van der Waals surface area contributed by atoms with E-state index in [0.29, 0.717) is 16.5 Å². The van der Waals surface area contributed by atoms with E-state index in [9.17, 15) is 9.59 Å². The third-order valence-corrected chi connectivity index (χ3v) is 4.89. The van der Waals surface area contributed by atoms with Crippen LogP contribution in [0.2, 0.25) is 0 Å². The van der Waals surface area contributed by atoms with Crippen LogP contribution < -0.4 is 5.32 Å². The third-order valence-electron chi connectivity index (χ3n) is 3.71. The molecule has 0 bridgehead atoms. The smallest absolute Gasteiger partial charge is 0.346 e. The quantitative estimate of drug-likeness (QED) is 0.386. The Bertz CT molecular complexity index is 907. The summed E-state index contributed by atoms with van der Waals surface area (Å²) in [5.74, 6) is -1.22. The molecule has 24 heavy (non-hydrogen) atoms. The number of thioether (sulfide) groups is 1. The normalized spacial score (nSPS) is 13.6. The first-order valence-corrected chi connectivity index (χ1v) is 8.08. The summed E-state index contributed by atoms with van der Waals surface area (Å²) >= 11 is 1.49. The van der Waals surface area contributed by atoms with Crippen molar-refractivity contribution in [3.8, 4) is 0 Å². The lowest BCUT2D eigenvalue weighted by atomic mass is 9.97. The summed E-state index contributed by atoms with van der Waals surface area (Å²) in [5, 5.41) is 4.49. The van der Waals surface area contributed by atoms with Crippen molar-refractivity contribution in [3.05, 3.63) is 77.4 Å². The Morgan fingerprint density at radius 1 is 1.17 bits per heavy atom. The maximum absolute atomic E-state index is 12.0. The van der Waals surface area contributed by atoms with Crippen LogP contribution in [0, 0.1) is 0 Å². The van der Waals surface area contributed by atoms with Crippen LogP contribution in [0.25, 0.3) is 10.8 Å². The van der Waals surface area contributed by atoms with Crippen LogP contribution in [-0.4, -0.2) is 19.0 Å². The predicted molar refractivity (Wildman–Crippen MR) is 96.0 cm³/mol. The Hall–Kier alpha value is -2.79. The molecule has 0 aromatic heterocycles. The van der Waals surface area contributed by atoms with Gasteiger partial charge in [-0.05, 0) is 29.7 Å². The number of ether oxygens (including phenoxy) is 1. The van der Waals surface area contributed by atoms with Gasteiger partial charge in [-0.25, -0.2) is 9.59 Å². The molecule has 1 N–H and O–H groups in total. The number of carbonyl (C=O) groups excluding carboxylic acids is 2. The number of cyclic esters (lactones) is 2. The predicted octanol–water partition coefficient (Wildman–Crippen LogP) is 4.05. The highest BCUT2D eigenvalue weighted by Crippen LogP contribution is 2.39. The zero-order valence-corrected chi connectivity index (χ0v) is 13.9. The average molecular weight is 337 g/mol. The molecule has 0 saturated carbocycles. The van der Waals surface area contributed by atoms with Gasteiger partial charge < -0.3 is 10.1 Å². The molecule has 0 spiro atoms. The molecule has 0 radical (unpaired) electrons. The largest absolute Gasteiger partial charge is 0.388 e. The van der Waals surface area contributed by atoms with E-state index in [2.05, 4.69) is 18.5 Å². The summed E-state index contributed by atoms with van der Waals surface area (Å²) in [5.41, 5.74) is 1.58. The van der Waals surface area contributed by atoms with Gasteiger partial charge in [0.1, 0.15) is 0 Å². The van der Waals surface area contributed by atoms with Crippen molar-refractivity contribution < 1.29 is 14.3 Å². The van der Waals surface area contributed by atoms with Gasteiger partial charge in [-0.1, -0.05) is 43.1 Å². The highest BCUT2D eigenvalue weighted by atomic mass is 32.2. The van der Waals surface area contributed by atoms with E-state index < -0.39 is 11.9 Å². The van der Waals surface area contributed by atoms with Gasteiger partial charge in [0.05, 0.1) is 11.1 Å². The maximum Gasteiger partial charge on any atom is 0.346 e. The maximum atomic E-state index is 12.0. The fourth-order valence-corrected chi connectivity index (χ4v) is 3.59. The van der Waals surface area contributed by atoms with Crippen LogP contribution in [-0.2, 0) is 4.74 Å². The van der Waals surface area contributed by atoms with Crippen LogP contribution in [0.5, 0.6) is 0 Å². The molecule has 2 aromatic carbocycles. The minimum absolute atomic E-state index is 0.409. The number of allylic oxidation sites excluding steroid dienone is 2. The molecule has 0 amide bonds. The molecular formula is C19H15NO3S. The number of rotatable bonds is 5. The molecule has 120 valence electrons. The summed E-state index contributed by atoms with van der Waals surface area (Å²) in [6.07, 6.45) is 3.55. The summed E-state index contributed by atoms with van der Waals surface area (Å²) in [6, 6.07) is 8.89. The van der Waals surface area contributed by atoms with E-state index in [1.807, 2.05) is 18.2 Å². The van der Waals surface area contributed by atoms with Crippen molar-refractivity contribution >= 4 is 34.5 Å². The molecular weight excluding hydrogens is 322 g/mol. The summed E-state index contributed by atoms with van der Waals surface area (Å²) in [4.78, 5) is 25.8. The Kier molecular flexibility index (Phi) is 4.27. The van der Waals surface area contributed by atoms with Crippen molar-refractivity contribution in [1.82, 2.24) is 5.32 Å². The van der Waals surface area contributed by atoms with E-state index in [-0.39, 0.29) is 0 Å². The first-order chi connectivity index (χ1) is 11.6. The fraction of sp³-hybridized carbons (Fsp3) is 0.0526. The monoisotopic (exact) mass is 337 g/mol. The van der Waals surface area contributed by atoms with E-state index >= 15 is 0 Å². The summed E-state index contributed by atoms with van der Waals surface area (Å²) in [7, 11) is 1.80. The lowest BCUT2D eigenvalue weighted by Gasteiger charge is -2.18. The molecule has 0 fully saturated rings. The molecule has 5 heteroatoms. The van der Waals surface area contributed by atoms with Crippen LogP contribution >= 0.6 is 11.8 Å². The van der Waals surface area contributed by atoms with Gasteiger partial charge in [0, 0.05) is 27.9 Å². The molecule has 1 heterocycles. The van der Waals surface area contributed by atoms with Gasteiger partial charge in [-0.2, -0.15) is 0 Å². The molecule has 3 rings (SSSR count).